The molecular formula is C28H29N3O3S. The Morgan fingerprint density at radius 3 is 2.54 bits per heavy atom. The van der Waals surface area contributed by atoms with Crippen LogP contribution in [0.5, 0.6) is 0 Å². The van der Waals surface area contributed by atoms with Gasteiger partial charge in [-0.25, -0.2) is 4.79 Å². The van der Waals surface area contributed by atoms with Crippen LogP contribution in [-0.4, -0.2) is 18.5 Å². The third-order valence-corrected chi connectivity index (χ3v) is 7.56. The molecule has 0 aliphatic heterocycles. The van der Waals surface area contributed by atoms with Gasteiger partial charge < -0.3 is 15.4 Å². The molecule has 35 heavy (non-hydrogen) atoms. The van der Waals surface area contributed by atoms with Gasteiger partial charge in [0.05, 0.1) is 16.8 Å². The second-order valence-electron chi connectivity index (χ2n) is 9.79. The predicted molar refractivity (Wildman–Crippen MR) is 139 cm³/mol. The third-order valence-electron chi connectivity index (χ3n) is 6.39. The van der Waals surface area contributed by atoms with E-state index in [9.17, 15) is 14.9 Å². The molecule has 1 aromatic heterocycles. The molecule has 0 saturated heterocycles. The summed E-state index contributed by atoms with van der Waals surface area (Å²) in [6.07, 6.45) is 2.78. The van der Waals surface area contributed by atoms with Gasteiger partial charge in [0.15, 0.2) is 6.61 Å². The number of ether oxygens (including phenoxy) is 1. The molecule has 7 heteroatoms. The van der Waals surface area contributed by atoms with E-state index in [4.69, 9.17) is 4.74 Å². The van der Waals surface area contributed by atoms with Crippen LogP contribution in [0.25, 0.3) is 0 Å². The number of nitrogens with zero attached hydrogens (tertiary/aromatic N) is 1. The smallest absolute Gasteiger partial charge is 0.340 e. The second kappa shape index (κ2) is 10.3. The van der Waals surface area contributed by atoms with Gasteiger partial charge in [0.1, 0.15) is 11.1 Å². The molecule has 1 heterocycles. The van der Waals surface area contributed by atoms with Crippen molar-refractivity contribution in [1.82, 2.24) is 0 Å². The number of nitrogens with one attached hydrogen (secondary N) is 2. The van der Waals surface area contributed by atoms with Crippen molar-refractivity contribution < 1.29 is 14.3 Å². The maximum Gasteiger partial charge on any atom is 0.340 e. The van der Waals surface area contributed by atoms with Crippen LogP contribution in [0.2, 0.25) is 0 Å². The molecule has 0 unspecified atom stereocenters. The van der Waals surface area contributed by atoms with Crippen LogP contribution >= 0.6 is 11.3 Å². The van der Waals surface area contributed by atoms with Gasteiger partial charge in [0, 0.05) is 10.6 Å². The lowest BCUT2D eigenvalue weighted by Crippen LogP contribution is -2.26. The number of hydrogen-bond acceptors (Lipinski definition) is 6. The number of hydrogen-bond donors (Lipinski definition) is 2. The summed E-state index contributed by atoms with van der Waals surface area (Å²) in [6.45, 7) is 6.29. The van der Waals surface area contributed by atoms with Crippen LogP contribution in [0.15, 0.2) is 54.6 Å². The molecule has 0 saturated carbocycles. The van der Waals surface area contributed by atoms with Gasteiger partial charge in [-0.2, -0.15) is 5.26 Å². The fourth-order valence-electron chi connectivity index (χ4n) is 4.35. The monoisotopic (exact) mass is 487 g/mol. The van der Waals surface area contributed by atoms with Crippen LogP contribution in [0, 0.1) is 22.7 Å². The SMILES string of the molecule is CC(C)(C)[C@@H]1CCc2c(sc(NC(=O)COC(=O)c3ccccc3Nc3ccccc3)c2C#N)C1. The summed E-state index contributed by atoms with van der Waals surface area (Å²) in [6, 6.07) is 18.8. The van der Waals surface area contributed by atoms with Crippen LogP contribution in [-0.2, 0) is 22.4 Å². The Kier molecular flexibility index (Phi) is 7.23. The van der Waals surface area contributed by atoms with Crippen molar-refractivity contribution in [2.75, 3.05) is 17.2 Å². The Bertz CT molecular complexity index is 1270. The summed E-state index contributed by atoms with van der Waals surface area (Å²) in [4.78, 5) is 26.5. The van der Waals surface area contributed by atoms with Crippen molar-refractivity contribution in [2.45, 2.75) is 40.0 Å². The number of para-hydroxylation sites is 2. The zero-order chi connectivity index (χ0) is 25.0. The first-order chi connectivity index (χ1) is 16.8. The number of benzene rings is 2. The van der Waals surface area contributed by atoms with E-state index in [-0.39, 0.29) is 5.41 Å². The van der Waals surface area contributed by atoms with Crippen molar-refractivity contribution in [3.63, 3.8) is 0 Å². The van der Waals surface area contributed by atoms with Crippen molar-refractivity contribution >= 4 is 39.6 Å². The van der Waals surface area contributed by atoms with Crippen LogP contribution < -0.4 is 10.6 Å². The van der Waals surface area contributed by atoms with E-state index in [1.54, 1.807) is 18.2 Å². The van der Waals surface area contributed by atoms with E-state index >= 15 is 0 Å². The molecule has 0 bridgehead atoms. The molecule has 1 aliphatic rings. The molecule has 0 fully saturated rings. The minimum Gasteiger partial charge on any atom is -0.452 e. The Morgan fingerprint density at radius 2 is 1.83 bits per heavy atom. The van der Waals surface area contributed by atoms with E-state index < -0.39 is 18.5 Å². The van der Waals surface area contributed by atoms with Gasteiger partial charge in [-0.3, -0.25) is 4.79 Å². The Hall–Kier alpha value is -3.63. The van der Waals surface area contributed by atoms with E-state index in [0.717, 1.165) is 30.5 Å². The largest absolute Gasteiger partial charge is 0.452 e. The zero-order valence-corrected chi connectivity index (χ0v) is 21.0. The first kappa shape index (κ1) is 24.5. The van der Waals surface area contributed by atoms with E-state index in [1.807, 2.05) is 36.4 Å². The fraction of sp³-hybridized carbons (Fsp3) is 0.321. The Balaban J connectivity index is 1.41. The molecule has 4 rings (SSSR count). The molecule has 3 aromatic rings. The van der Waals surface area contributed by atoms with Crippen molar-refractivity contribution in [3.8, 4) is 6.07 Å². The molecule has 2 aromatic carbocycles. The standard InChI is InChI=1S/C28H29N3O3S/c1-28(2,3)18-13-14-20-22(16-29)26(35-24(20)15-18)31-25(32)17-34-27(33)21-11-7-8-12-23(21)30-19-9-5-4-6-10-19/h4-12,18,30H,13-15,17H2,1-3H3,(H,31,32)/t18-/m1/s1. The van der Waals surface area contributed by atoms with Gasteiger partial charge in [0.2, 0.25) is 0 Å². The molecule has 0 spiro atoms. The number of amides is 1. The summed E-state index contributed by atoms with van der Waals surface area (Å²) in [5.74, 6) is -0.526. The van der Waals surface area contributed by atoms with Gasteiger partial charge in [-0.15, -0.1) is 11.3 Å². The number of rotatable bonds is 6. The molecule has 180 valence electrons. The summed E-state index contributed by atoms with van der Waals surface area (Å²) in [5.41, 5.74) is 3.54. The highest BCUT2D eigenvalue weighted by Crippen LogP contribution is 2.44. The highest BCUT2D eigenvalue weighted by molar-refractivity contribution is 7.16. The zero-order valence-electron chi connectivity index (χ0n) is 20.2. The minimum absolute atomic E-state index is 0.192. The molecule has 1 atom stereocenters. The first-order valence-electron chi connectivity index (χ1n) is 11.7. The van der Waals surface area contributed by atoms with Crippen molar-refractivity contribution in [2.24, 2.45) is 11.3 Å². The lowest BCUT2D eigenvalue weighted by molar-refractivity contribution is -0.119. The van der Waals surface area contributed by atoms with Crippen molar-refractivity contribution in [1.29, 1.82) is 5.26 Å². The number of thiophene rings is 1. The van der Waals surface area contributed by atoms with Crippen LogP contribution in [0.4, 0.5) is 16.4 Å². The van der Waals surface area contributed by atoms with Crippen LogP contribution in [0.3, 0.4) is 0 Å². The molecule has 6 nitrogen and oxygen atoms in total. The van der Waals surface area contributed by atoms with E-state index in [2.05, 4.69) is 37.5 Å². The normalized spacial score (nSPS) is 15.0. The van der Waals surface area contributed by atoms with Gasteiger partial charge in [0.25, 0.3) is 5.91 Å². The van der Waals surface area contributed by atoms with Crippen LogP contribution in [0.1, 0.15) is 53.6 Å². The molecular weight excluding hydrogens is 458 g/mol. The van der Waals surface area contributed by atoms with Gasteiger partial charge >= 0.3 is 5.97 Å². The summed E-state index contributed by atoms with van der Waals surface area (Å²) >= 11 is 1.46. The molecule has 1 aliphatic carbocycles. The summed E-state index contributed by atoms with van der Waals surface area (Å²) in [7, 11) is 0. The van der Waals surface area contributed by atoms with Gasteiger partial charge in [-0.1, -0.05) is 51.1 Å². The number of carbonyl (C=O) groups is 2. The molecule has 2 N–H and O–H groups in total. The second-order valence-corrected chi connectivity index (χ2v) is 10.9. The highest BCUT2D eigenvalue weighted by Gasteiger charge is 2.32. The summed E-state index contributed by atoms with van der Waals surface area (Å²) in [5, 5.41) is 16.3. The topological polar surface area (TPSA) is 91.2 Å². The maximum atomic E-state index is 12.7. The third kappa shape index (κ3) is 5.72. The van der Waals surface area contributed by atoms with E-state index in [1.165, 1.54) is 16.2 Å². The highest BCUT2D eigenvalue weighted by atomic mass is 32.1. The molecule has 0 radical (unpaired) electrons. The minimum atomic E-state index is -0.599. The average molecular weight is 488 g/mol. The number of anilines is 3. The van der Waals surface area contributed by atoms with E-state index in [0.29, 0.717) is 27.7 Å². The maximum absolute atomic E-state index is 12.7. The van der Waals surface area contributed by atoms with Crippen molar-refractivity contribution in [3.05, 3.63) is 76.2 Å². The van der Waals surface area contributed by atoms with Gasteiger partial charge in [-0.05, 0) is 60.4 Å². The predicted octanol–water partition coefficient (Wildman–Crippen LogP) is 6.31. The lowest BCUT2D eigenvalue weighted by Gasteiger charge is -2.33. The number of nitriles is 1. The lowest BCUT2D eigenvalue weighted by atomic mass is 9.72. The number of fused-ring (bicyclic) bond motifs is 1. The molecule has 1 amide bonds. The summed E-state index contributed by atoms with van der Waals surface area (Å²) < 4.78 is 5.31. The number of esters is 1. The average Bonchev–Trinajstić information content (AvgIpc) is 3.19. The Labute approximate surface area is 209 Å². The first-order valence-corrected chi connectivity index (χ1v) is 12.5. The quantitative estimate of drug-likeness (QED) is 0.398. The number of carbonyl (C=O) groups excluding carboxylic acids is 2. The Morgan fingerprint density at radius 1 is 1.11 bits per heavy atom. The fourth-order valence-corrected chi connectivity index (χ4v) is 5.64.